The van der Waals surface area contributed by atoms with Crippen LogP contribution in [0.4, 0.5) is 0 Å². The summed E-state index contributed by atoms with van der Waals surface area (Å²) in [6.45, 7) is 3.31. The fraction of sp³-hybridized carbons (Fsp3) is 0.600. The summed E-state index contributed by atoms with van der Waals surface area (Å²) in [5.74, 6) is 0.168. The number of rotatable bonds is 2. The van der Waals surface area contributed by atoms with E-state index in [9.17, 15) is 19.2 Å². The van der Waals surface area contributed by atoms with E-state index in [0.717, 1.165) is 12.8 Å². The summed E-state index contributed by atoms with van der Waals surface area (Å²) in [5, 5.41) is 0. The molecule has 0 aliphatic carbocycles. The number of H-pyrrole nitrogens is 1. The molecule has 1 aromatic heterocycles. The fourth-order valence-electron chi connectivity index (χ4n) is 3.45. The van der Waals surface area contributed by atoms with Crippen LogP contribution in [0.25, 0.3) is 0 Å². The molecule has 3 saturated heterocycles. The Morgan fingerprint density at radius 3 is 2.70 bits per heavy atom. The summed E-state index contributed by atoms with van der Waals surface area (Å²) in [4.78, 5) is 52.8. The van der Waals surface area contributed by atoms with Gasteiger partial charge in [-0.2, -0.15) is 0 Å². The van der Waals surface area contributed by atoms with Gasteiger partial charge in [0.1, 0.15) is 6.54 Å². The summed E-state index contributed by atoms with van der Waals surface area (Å²) >= 11 is 0. The number of fused-ring (bicyclic) bond motifs is 4. The van der Waals surface area contributed by atoms with Crippen molar-refractivity contribution >= 4 is 11.8 Å². The van der Waals surface area contributed by atoms with Crippen molar-refractivity contribution < 1.29 is 9.59 Å². The van der Waals surface area contributed by atoms with E-state index in [0.29, 0.717) is 19.6 Å². The molecular formula is C15H20N4O4. The van der Waals surface area contributed by atoms with Crippen LogP contribution < -0.4 is 11.2 Å². The Kier molecular flexibility index (Phi) is 4.06. The van der Waals surface area contributed by atoms with Gasteiger partial charge >= 0.3 is 5.69 Å². The minimum Gasteiger partial charge on any atom is -0.341 e. The van der Waals surface area contributed by atoms with Crippen LogP contribution in [0.5, 0.6) is 0 Å². The van der Waals surface area contributed by atoms with Crippen LogP contribution in [0.1, 0.15) is 19.8 Å². The van der Waals surface area contributed by atoms with E-state index in [1.807, 2.05) is 4.90 Å². The molecule has 0 aromatic carbocycles. The highest BCUT2D eigenvalue weighted by molar-refractivity contribution is 5.77. The van der Waals surface area contributed by atoms with Gasteiger partial charge in [-0.15, -0.1) is 0 Å². The van der Waals surface area contributed by atoms with Gasteiger partial charge < -0.3 is 9.80 Å². The highest BCUT2D eigenvalue weighted by Gasteiger charge is 2.37. The molecule has 1 N–H and O–H groups in total. The van der Waals surface area contributed by atoms with Crippen molar-refractivity contribution in [2.75, 3.05) is 19.6 Å². The quantitative estimate of drug-likeness (QED) is 0.756. The number of amides is 2. The topological polar surface area (TPSA) is 95.5 Å². The predicted molar refractivity (Wildman–Crippen MR) is 81.8 cm³/mol. The Hall–Kier alpha value is -2.38. The Labute approximate surface area is 132 Å². The molecule has 4 heterocycles. The molecule has 0 unspecified atom stereocenters. The summed E-state index contributed by atoms with van der Waals surface area (Å²) < 4.78 is 1.20. The molecule has 8 heteroatoms. The van der Waals surface area contributed by atoms with Crippen molar-refractivity contribution in [3.05, 3.63) is 33.1 Å². The van der Waals surface area contributed by atoms with Crippen molar-refractivity contribution in [2.45, 2.75) is 32.4 Å². The van der Waals surface area contributed by atoms with Gasteiger partial charge in [0, 0.05) is 44.9 Å². The van der Waals surface area contributed by atoms with Crippen molar-refractivity contribution in [2.24, 2.45) is 5.92 Å². The zero-order valence-electron chi connectivity index (χ0n) is 13.0. The lowest BCUT2D eigenvalue weighted by Gasteiger charge is -2.36. The number of hydrogen-bond acceptors (Lipinski definition) is 4. The summed E-state index contributed by atoms with van der Waals surface area (Å²) in [7, 11) is 0. The van der Waals surface area contributed by atoms with Gasteiger partial charge in [-0.25, -0.2) is 4.79 Å². The first-order valence-electron chi connectivity index (χ1n) is 7.79. The van der Waals surface area contributed by atoms with Crippen LogP contribution in [-0.2, 0) is 16.1 Å². The van der Waals surface area contributed by atoms with Crippen LogP contribution in [-0.4, -0.2) is 56.8 Å². The number of carbonyl (C=O) groups is 2. The molecule has 8 nitrogen and oxygen atoms in total. The minimum absolute atomic E-state index is 0.00335. The van der Waals surface area contributed by atoms with E-state index in [1.54, 1.807) is 11.8 Å². The van der Waals surface area contributed by atoms with Crippen LogP contribution in [0.2, 0.25) is 0 Å². The number of piperidine rings is 1. The first-order chi connectivity index (χ1) is 10.9. The van der Waals surface area contributed by atoms with Crippen LogP contribution in [0, 0.1) is 5.92 Å². The third kappa shape index (κ3) is 3.20. The van der Waals surface area contributed by atoms with E-state index in [-0.39, 0.29) is 30.3 Å². The molecule has 3 aliphatic rings. The largest absolute Gasteiger partial charge is 0.341 e. The Morgan fingerprint density at radius 2 is 2.00 bits per heavy atom. The van der Waals surface area contributed by atoms with E-state index in [1.165, 1.54) is 16.8 Å². The second-order valence-electron chi connectivity index (χ2n) is 6.31. The fourth-order valence-corrected chi connectivity index (χ4v) is 3.45. The molecule has 1 aromatic rings. The molecular weight excluding hydrogens is 300 g/mol. The monoisotopic (exact) mass is 320 g/mol. The van der Waals surface area contributed by atoms with Gasteiger partial charge in [-0.1, -0.05) is 0 Å². The Morgan fingerprint density at radius 1 is 1.22 bits per heavy atom. The van der Waals surface area contributed by atoms with Crippen LogP contribution in [0.3, 0.4) is 0 Å². The van der Waals surface area contributed by atoms with E-state index < -0.39 is 11.2 Å². The smallest absolute Gasteiger partial charge is 0.328 e. The summed E-state index contributed by atoms with van der Waals surface area (Å²) in [6.07, 6.45) is 3.22. The normalized spacial score (nSPS) is 23.7. The van der Waals surface area contributed by atoms with E-state index in [2.05, 4.69) is 4.98 Å². The SMILES string of the molecule is CC(=O)N1C[C@H]2CC[C@@H](C1)N(C(=O)Cn1ccc(=O)[nH]c1=O)C2. The highest BCUT2D eigenvalue weighted by Crippen LogP contribution is 2.28. The average molecular weight is 320 g/mol. The molecule has 0 spiro atoms. The molecule has 2 bridgehead atoms. The van der Waals surface area contributed by atoms with Gasteiger partial charge in [-0.05, 0) is 18.8 Å². The first kappa shape index (κ1) is 15.5. The van der Waals surface area contributed by atoms with Gasteiger partial charge in [0.15, 0.2) is 0 Å². The highest BCUT2D eigenvalue weighted by atomic mass is 16.2. The number of nitrogens with zero attached hydrogens (tertiary/aromatic N) is 3. The molecule has 23 heavy (non-hydrogen) atoms. The maximum Gasteiger partial charge on any atom is 0.328 e. The lowest BCUT2D eigenvalue weighted by Crippen LogP contribution is -2.49. The second kappa shape index (κ2) is 6.02. The average Bonchev–Trinajstić information content (AvgIpc) is 2.82. The molecule has 0 saturated carbocycles. The van der Waals surface area contributed by atoms with Gasteiger partial charge in [0.2, 0.25) is 11.8 Å². The molecule has 3 aliphatic heterocycles. The molecule has 124 valence electrons. The summed E-state index contributed by atoms with van der Waals surface area (Å²) in [6, 6.07) is 1.23. The van der Waals surface area contributed by atoms with Crippen LogP contribution in [0.15, 0.2) is 21.9 Å². The zero-order valence-corrected chi connectivity index (χ0v) is 13.0. The molecule has 3 fully saturated rings. The van der Waals surface area contributed by atoms with Crippen molar-refractivity contribution in [3.8, 4) is 0 Å². The number of hydrogen-bond donors (Lipinski definition) is 1. The van der Waals surface area contributed by atoms with Crippen LogP contribution >= 0.6 is 0 Å². The number of nitrogens with one attached hydrogen (secondary N) is 1. The van der Waals surface area contributed by atoms with Crippen molar-refractivity contribution in [1.29, 1.82) is 0 Å². The summed E-state index contributed by atoms with van der Waals surface area (Å²) in [5.41, 5.74) is -1.07. The number of aromatic nitrogens is 2. The van der Waals surface area contributed by atoms with E-state index in [4.69, 9.17) is 0 Å². The van der Waals surface area contributed by atoms with Gasteiger partial charge in [-0.3, -0.25) is 23.9 Å². The Bertz CT molecular complexity index is 737. The van der Waals surface area contributed by atoms with Crippen molar-refractivity contribution in [3.63, 3.8) is 0 Å². The molecule has 4 rings (SSSR count). The maximum atomic E-state index is 12.6. The van der Waals surface area contributed by atoms with E-state index >= 15 is 0 Å². The third-order valence-electron chi connectivity index (χ3n) is 4.68. The van der Waals surface area contributed by atoms with Crippen molar-refractivity contribution in [1.82, 2.24) is 19.4 Å². The molecule has 2 amide bonds. The lowest BCUT2D eigenvalue weighted by molar-refractivity contribution is -0.136. The standard InChI is InChI=1S/C15H20N4O4/c1-10(20)18-6-11-2-3-12(8-18)19(7-11)14(22)9-17-5-4-13(21)16-15(17)23/h4-5,11-12H,2-3,6-9H2,1H3,(H,16,21,23)/t11-,12+/m1/s1. The predicted octanol–water partition coefficient (Wildman–Crippen LogP) is -0.994. The number of carbonyl (C=O) groups excluding carboxylic acids is 2. The molecule has 0 radical (unpaired) electrons. The molecule has 2 atom stereocenters. The Balaban J connectivity index is 1.76. The van der Waals surface area contributed by atoms with Gasteiger partial charge in [0.25, 0.3) is 5.56 Å². The zero-order chi connectivity index (χ0) is 16.6. The second-order valence-corrected chi connectivity index (χ2v) is 6.31. The maximum absolute atomic E-state index is 12.6. The first-order valence-corrected chi connectivity index (χ1v) is 7.79. The third-order valence-corrected chi connectivity index (χ3v) is 4.68. The minimum atomic E-state index is -0.587. The van der Waals surface area contributed by atoms with Gasteiger partial charge in [0.05, 0.1) is 0 Å². The lowest BCUT2D eigenvalue weighted by atomic mass is 9.95. The number of aromatic amines is 1.